The largest absolute Gasteiger partial charge is 0.756 e. The molecule has 0 rings (SSSR count). The maximum Gasteiger partial charge on any atom is 0.268 e. The fraction of sp³-hybridized carbons (Fsp3) is 0.860. The minimum Gasteiger partial charge on any atom is -0.756 e. The topological polar surface area (TPSA) is 108 Å². The Morgan fingerprint density at radius 1 is 0.593 bits per heavy atom. The zero-order valence-corrected chi connectivity index (χ0v) is 40.4. The number of quaternary nitrogens is 1. The maximum absolute atomic E-state index is 12.9. The first kappa shape index (κ1) is 57.7. The Morgan fingerprint density at radius 2 is 0.983 bits per heavy atom. The van der Waals surface area contributed by atoms with Crippen molar-refractivity contribution >= 4 is 13.7 Å². The van der Waals surface area contributed by atoms with E-state index in [0.29, 0.717) is 17.4 Å². The van der Waals surface area contributed by atoms with Crippen LogP contribution in [0.1, 0.15) is 226 Å². The number of phosphoric acid groups is 1. The van der Waals surface area contributed by atoms with Gasteiger partial charge in [-0.2, -0.15) is 0 Å². The van der Waals surface area contributed by atoms with E-state index in [9.17, 15) is 19.4 Å². The molecule has 8 nitrogen and oxygen atoms in total. The summed E-state index contributed by atoms with van der Waals surface area (Å²) in [6.45, 7) is 4.64. The Morgan fingerprint density at radius 3 is 1.41 bits per heavy atom. The van der Waals surface area contributed by atoms with Crippen LogP contribution in [0.4, 0.5) is 0 Å². The van der Waals surface area contributed by atoms with Crippen LogP contribution in [-0.4, -0.2) is 68.5 Å². The van der Waals surface area contributed by atoms with Crippen LogP contribution in [0, 0.1) is 0 Å². The second kappa shape index (κ2) is 42.0. The Labute approximate surface area is 366 Å². The molecule has 0 aromatic heterocycles. The van der Waals surface area contributed by atoms with Crippen molar-refractivity contribution in [1.82, 2.24) is 5.32 Å². The number of carbonyl (C=O) groups is 1. The normalized spacial score (nSPS) is 14.5. The van der Waals surface area contributed by atoms with Crippen molar-refractivity contribution in [1.29, 1.82) is 0 Å². The van der Waals surface area contributed by atoms with Crippen molar-refractivity contribution < 1.29 is 32.9 Å². The number of allylic oxidation sites excluding steroid dienone is 5. The predicted octanol–water partition coefficient (Wildman–Crippen LogP) is 13.6. The van der Waals surface area contributed by atoms with Gasteiger partial charge in [0.1, 0.15) is 13.2 Å². The molecule has 0 saturated heterocycles. The molecule has 0 saturated carbocycles. The molecule has 0 spiro atoms. The lowest BCUT2D eigenvalue weighted by Gasteiger charge is -2.29. The van der Waals surface area contributed by atoms with Gasteiger partial charge < -0.3 is 28.8 Å². The molecule has 9 heteroatoms. The van der Waals surface area contributed by atoms with Crippen LogP contribution in [0.25, 0.3) is 0 Å². The number of amides is 1. The lowest BCUT2D eigenvalue weighted by Crippen LogP contribution is -2.45. The average Bonchev–Trinajstić information content (AvgIpc) is 3.19. The van der Waals surface area contributed by atoms with Gasteiger partial charge in [0.2, 0.25) is 5.91 Å². The van der Waals surface area contributed by atoms with Gasteiger partial charge in [-0.1, -0.05) is 204 Å². The Bertz CT molecular complexity index is 1060. The van der Waals surface area contributed by atoms with Gasteiger partial charge >= 0.3 is 0 Å². The third kappa shape index (κ3) is 44.6. The van der Waals surface area contributed by atoms with Gasteiger partial charge in [0, 0.05) is 6.42 Å². The highest BCUT2D eigenvalue weighted by Gasteiger charge is 2.23. The quantitative estimate of drug-likeness (QED) is 0.0273. The molecule has 0 aromatic carbocycles. The molecule has 0 radical (unpaired) electrons. The molecule has 1 amide bonds. The Kier molecular flexibility index (Phi) is 41.1. The first-order valence-electron chi connectivity index (χ1n) is 24.9. The van der Waals surface area contributed by atoms with Crippen molar-refractivity contribution in [2.24, 2.45) is 0 Å². The van der Waals surface area contributed by atoms with E-state index in [2.05, 4.69) is 43.5 Å². The summed E-state index contributed by atoms with van der Waals surface area (Å²) in [7, 11) is 1.26. The number of hydrogen-bond acceptors (Lipinski definition) is 6. The number of rotatable bonds is 45. The first-order chi connectivity index (χ1) is 28.5. The minimum atomic E-state index is -4.59. The second-order valence-electron chi connectivity index (χ2n) is 18.2. The highest BCUT2D eigenvalue weighted by molar-refractivity contribution is 7.45. The molecule has 3 atom stereocenters. The van der Waals surface area contributed by atoms with E-state index in [4.69, 9.17) is 9.05 Å². The SMILES string of the molecule is CCCCCCCCCCC/C=C\C/C=C\CCCCCCCCCCCC(=O)NC(COP(=O)([O-])OCC[N+](C)(C)C)C(O)/C=C/CCCCCCCCCCCC. The van der Waals surface area contributed by atoms with Gasteiger partial charge in [-0.15, -0.1) is 0 Å². The highest BCUT2D eigenvalue weighted by Crippen LogP contribution is 2.38. The maximum atomic E-state index is 12.9. The van der Waals surface area contributed by atoms with Crippen LogP contribution >= 0.6 is 7.82 Å². The number of carbonyl (C=O) groups excluding carboxylic acids is 1. The predicted molar refractivity (Wildman–Crippen MR) is 251 cm³/mol. The third-order valence-electron chi connectivity index (χ3n) is 11.1. The number of nitrogens with one attached hydrogen (secondary N) is 1. The molecule has 0 aliphatic carbocycles. The Balaban J connectivity index is 4.23. The number of aliphatic hydroxyl groups excluding tert-OH is 1. The molecule has 0 aliphatic rings. The van der Waals surface area contributed by atoms with Crippen molar-refractivity contribution in [3.63, 3.8) is 0 Å². The summed E-state index contributed by atoms with van der Waals surface area (Å²) in [6.07, 6.45) is 52.0. The number of hydrogen-bond donors (Lipinski definition) is 2. The summed E-state index contributed by atoms with van der Waals surface area (Å²) in [4.78, 5) is 25.3. The monoisotopic (exact) mass is 853 g/mol. The van der Waals surface area contributed by atoms with Gasteiger partial charge in [-0.25, -0.2) is 0 Å². The molecule has 2 N–H and O–H groups in total. The van der Waals surface area contributed by atoms with Crippen molar-refractivity contribution in [2.75, 3.05) is 40.9 Å². The van der Waals surface area contributed by atoms with Gasteiger partial charge in [-0.3, -0.25) is 9.36 Å². The second-order valence-corrected chi connectivity index (χ2v) is 19.6. The average molecular weight is 853 g/mol. The summed E-state index contributed by atoms with van der Waals surface area (Å²) < 4.78 is 23.2. The summed E-state index contributed by atoms with van der Waals surface area (Å²) in [5.41, 5.74) is 0. The molecule has 0 bridgehead atoms. The summed E-state index contributed by atoms with van der Waals surface area (Å²) in [5, 5.41) is 13.8. The fourth-order valence-electron chi connectivity index (χ4n) is 7.12. The Hall–Kier alpha value is -1.28. The van der Waals surface area contributed by atoms with E-state index < -0.39 is 20.0 Å². The lowest BCUT2D eigenvalue weighted by molar-refractivity contribution is -0.870. The minimum absolute atomic E-state index is 0.00201. The van der Waals surface area contributed by atoms with E-state index in [0.717, 1.165) is 44.9 Å². The van der Waals surface area contributed by atoms with E-state index in [1.165, 1.54) is 161 Å². The fourth-order valence-corrected chi connectivity index (χ4v) is 7.85. The van der Waals surface area contributed by atoms with Crippen LogP contribution in [-0.2, 0) is 18.4 Å². The molecular formula is C50H97N2O6P. The number of aliphatic hydroxyl groups is 1. The summed E-state index contributed by atoms with van der Waals surface area (Å²) >= 11 is 0. The van der Waals surface area contributed by atoms with Crippen LogP contribution in [0.15, 0.2) is 36.5 Å². The zero-order chi connectivity index (χ0) is 43.6. The van der Waals surface area contributed by atoms with Crippen molar-refractivity contribution in [2.45, 2.75) is 238 Å². The molecular weight excluding hydrogens is 756 g/mol. The van der Waals surface area contributed by atoms with Crippen LogP contribution in [0.2, 0.25) is 0 Å². The van der Waals surface area contributed by atoms with Crippen LogP contribution in [0.3, 0.4) is 0 Å². The van der Waals surface area contributed by atoms with Crippen molar-refractivity contribution in [3.8, 4) is 0 Å². The number of phosphoric ester groups is 1. The number of nitrogens with zero attached hydrogens (tertiary/aromatic N) is 1. The summed E-state index contributed by atoms with van der Waals surface area (Å²) in [6, 6.07) is -0.887. The molecule has 0 heterocycles. The third-order valence-corrected chi connectivity index (χ3v) is 12.1. The van der Waals surface area contributed by atoms with Gasteiger partial charge in [-0.05, 0) is 51.4 Å². The molecule has 0 aliphatic heterocycles. The standard InChI is InChI=1S/C50H97N2O6P/c1-6-8-10-12-14-16-18-20-21-22-23-24-25-26-27-28-29-30-31-32-34-36-38-40-42-44-50(54)51-48(47-58-59(55,56)57-46-45-52(3,4)5)49(53)43-41-39-37-35-33-19-17-15-13-11-9-7-2/h23-24,26-27,41,43,48-49,53H,6-22,25,28-40,42,44-47H2,1-5H3,(H-,51,54,55,56)/b24-23-,27-26-,43-41+. The van der Waals surface area contributed by atoms with Gasteiger partial charge in [0.25, 0.3) is 7.82 Å². The van der Waals surface area contributed by atoms with E-state index in [-0.39, 0.29) is 19.1 Å². The number of likely N-dealkylation sites (N-methyl/N-ethyl adjacent to an activating group) is 1. The molecule has 0 aromatic rings. The number of unbranched alkanes of at least 4 members (excludes halogenated alkanes) is 28. The van der Waals surface area contributed by atoms with E-state index in [1.54, 1.807) is 6.08 Å². The molecule has 0 fully saturated rings. The van der Waals surface area contributed by atoms with E-state index >= 15 is 0 Å². The zero-order valence-electron chi connectivity index (χ0n) is 39.5. The molecule has 3 unspecified atom stereocenters. The van der Waals surface area contributed by atoms with Crippen molar-refractivity contribution in [3.05, 3.63) is 36.5 Å². The highest BCUT2D eigenvalue weighted by atomic mass is 31.2. The van der Waals surface area contributed by atoms with Gasteiger partial charge in [0.05, 0.1) is 39.9 Å². The van der Waals surface area contributed by atoms with Crippen LogP contribution < -0.4 is 10.2 Å². The lowest BCUT2D eigenvalue weighted by atomic mass is 10.0. The van der Waals surface area contributed by atoms with Gasteiger partial charge in [0.15, 0.2) is 0 Å². The first-order valence-corrected chi connectivity index (χ1v) is 26.3. The molecule has 59 heavy (non-hydrogen) atoms. The molecule has 348 valence electrons. The van der Waals surface area contributed by atoms with E-state index in [1.807, 2.05) is 27.2 Å². The summed E-state index contributed by atoms with van der Waals surface area (Å²) in [5.74, 6) is -0.202. The smallest absolute Gasteiger partial charge is 0.268 e. The van der Waals surface area contributed by atoms with Crippen LogP contribution in [0.5, 0.6) is 0 Å².